The second kappa shape index (κ2) is 7.50. The summed E-state index contributed by atoms with van der Waals surface area (Å²) in [5.74, 6) is 3.97. The van der Waals surface area contributed by atoms with E-state index in [1.165, 1.54) is 38.5 Å². The fourth-order valence-electron chi connectivity index (χ4n) is 8.38. The van der Waals surface area contributed by atoms with Gasteiger partial charge in [0.1, 0.15) is 0 Å². The highest BCUT2D eigenvalue weighted by Gasteiger charge is 2.58. The average Bonchev–Trinajstić information content (AvgIpc) is 3.27. The second-order valence-electron chi connectivity index (χ2n) is 11.4. The number of nitrogens with zero attached hydrogens (tertiary/aromatic N) is 4. The first-order valence-electron chi connectivity index (χ1n) is 12.8. The zero-order valence-electron chi connectivity index (χ0n) is 19.0. The zero-order valence-corrected chi connectivity index (χ0v) is 19.0. The normalized spacial score (nSPS) is 42.5. The van der Waals surface area contributed by atoms with E-state index in [2.05, 4.69) is 22.1 Å². The molecule has 2 heterocycles. The van der Waals surface area contributed by atoms with Crippen molar-refractivity contribution in [2.24, 2.45) is 28.7 Å². The van der Waals surface area contributed by atoms with Crippen LogP contribution in [0.5, 0.6) is 0 Å². The highest BCUT2D eigenvalue weighted by molar-refractivity contribution is 5.83. The molecule has 31 heavy (non-hydrogen) atoms. The summed E-state index contributed by atoms with van der Waals surface area (Å²) < 4.78 is 0. The lowest BCUT2D eigenvalue weighted by molar-refractivity contribution is -0.156. The molecule has 0 aromatic rings. The largest absolute Gasteiger partial charge is 0.390 e. The van der Waals surface area contributed by atoms with Crippen molar-refractivity contribution in [3.05, 3.63) is 12.3 Å². The Morgan fingerprint density at radius 1 is 1.03 bits per heavy atom. The van der Waals surface area contributed by atoms with E-state index >= 15 is 0 Å². The van der Waals surface area contributed by atoms with Crippen molar-refractivity contribution in [1.29, 1.82) is 0 Å². The van der Waals surface area contributed by atoms with Crippen molar-refractivity contribution in [1.82, 2.24) is 14.7 Å². The Kier molecular flexibility index (Phi) is 4.86. The van der Waals surface area contributed by atoms with Gasteiger partial charge in [0.2, 0.25) is 11.9 Å². The molecule has 0 spiro atoms. The average molecular weight is 427 g/mol. The van der Waals surface area contributed by atoms with Crippen molar-refractivity contribution in [2.75, 3.05) is 26.2 Å². The molecule has 5 aliphatic carbocycles. The smallest absolute Gasteiger partial charge is 0.219 e. The molecule has 0 aromatic carbocycles. The van der Waals surface area contributed by atoms with Crippen molar-refractivity contribution >= 4 is 11.9 Å². The van der Waals surface area contributed by atoms with Crippen LogP contribution in [0, 0.1) is 23.7 Å². The van der Waals surface area contributed by atoms with E-state index < -0.39 is 5.60 Å². The number of aliphatic hydroxyl groups is 1. The number of piperazine rings is 1. The molecule has 1 N–H and O–H groups in total. The van der Waals surface area contributed by atoms with Gasteiger partial charge in [-0.05, 0) is 74.7 Å². The Labute approximate surface area is 186 Å². The molecule has 0 aromatic heterocycles. The number of rotatable bonds is 2. The molecule has 2 aliphatic heterocycles. The van der Waals surface area contributed by atoms with Crippen LogP contribution in [0.2, 0.25) is 0 Å². The molecule has 6 nitrogen and oxygen atoms in total. The number of hydrogen-bond acceptors (Lipinski definition) is 5. The standard InChI is InChI=1S/C25H38N4O2/c1-17(30)27-8-10-28(11-9-27)24-26-7-6-22(19-4-2-3-5-19)29(24)23-20-12-18-13-21(23)16-25(31,14-18)15-20/h6-7,18-23,31H,2-5,8-16H2,1H3. The van der Waals surface area contributed by atoms with Gasteiger partial charge in [0.05, 0.1) is 11.6 Å². The number of guanidine groups is 1. The van der Waals surface area contributed by atoms with Crippen LogP contribution in [-0.2, 0) is 4.79 Å². The van der Waals surface area contributed by atoms with Gasteiger partial charge in [0.25, 0.3) is 0 Å². The van der Waals surface area contributed by atoms with Gasteiger partial charge in [-0.2, -0.15) is 0 Å². The lowest BCUT2D eigenvalue weighted by Crippen LogP contribution is -2.67. The minimum absolute atomic E-state index is 0.181. The summed E-state index contributed by atoms with van der Waals surface area (Å²) in [5.41, 5.74) is -0.397. The van der Waals surface area contributed by atoms with Crippen LogP contribution in [0.3, 0.4) is 0 Å². The predicted molar refractivity (Wildman–Crippen MR) is 120 cm³/mol. The lowest BCUT2D eigenvalue weighted by atomic mass is 9.51. The third kappa shape index (κ3) is 3.40. The van der Waals surface area contributed by atoms with Gasteiger partial charge in [0, 0.05) is 45.3 Å². The number of amides is 1. The Morgan fingerprint density at radius 2 is 1.71 bits per heavy atom. The summed E-state index contributed by atoms with van der Waals surface area (Å²) in [6.07, 6.45) is 15.4. The van der Waals surface area contributed by atoms with Crippen LogP contribution < -0.4 is 0 Å². The van der Waals surface area contributed by atoms with Gasteiger partial charge < -0.3 is 19.8 Å². The Balaban J connectivity index is 1.31. The van der Waals surface area contributed by atoms with E-state index in [4.69, 9.17) is 4.99 Å². The van der Waals surface area contributed by atoms with E-state index in [-0.39, 0.29) is 5.91 Å². The van der Waals surface area contributed by atoms with Crippen LogP contribution in [-0.4, -0.2) is 75.5 Å². The van der Waals surface area contributed by atoms with Crippen molar-refractivity contribution in [2.45, 2.75) is 82.4 Å². The molecule has 3 unspecified atom stereocenters. The molecule has 1 amide bonds. The van der Waals surface area contributed by atoms with Gasteiger partial charge in [0.15, 0.2) is 0 Å². The van der Waals surface area contributed by atoms with Gasteiger partial charge >= 0.3 is 0 Å². The van der Waals surface area contributed by atoms with Crippen LogP contribution in [0.4, 0.5) is 0 Å². The van der Waals surface area contributed by atoms with E-state index in [1.54, 1.807) is 6.92 Å². The van der Waals surface area contributed by atoms with Gasteiger partial charge in [-0.1, -0.05) is 12.8 Å². The summed E-state index contributed by atoms with van der Waals surface area (Å²) in [7, 11) is 0. The second-order valence-corrected chi connectivity index (χ2v) is 11.4. The quantitative estimate of drug-likeness (QED) is 0.738. The molecular weight excluding hydrogens is 388 g/mol. The first kappa shape index (κ1) is 20.1. The molecule has 0 radical (unpaired) electrons. The minimum Gasteiger partial charge on any atom is -0.390 e. The lowest BCUT2D eigenvalue weighted by Gasteiger charge is -2.62. The molecule has 4 bridgehead atoms. The maximum atomic E-state index is 11.8. The Bertz CT molecular complexity index is 764. The third-order valence-corrected chi connectivity index (χ3v) is 9.43. The molecule has 5 saturated carbocycles. The maximum absolute atomic E-state index is 11.8. The summed E-state index contributed by atoms with van der Waals surface area (Å²) >= 11 is 0. The van der Waals surface area contributed by atoms with Gasteiger partial charge in [-0.3, -0.25) is 4.79 Å². The molecule has 6 heteroatoms. The third-order valence-electron chi connectivity index (χ3n) is 9.43. The fraction of sp³-hybridized carbons (Fsp3) is 0.840. The maximum Gasteiger partial charge on any atom is 0.219 e. The molecule has 7 aliphatic rings. The monoisotopic (exact) mass is 426 g/mol. The molecule has 6 fully saturated rings. The number of hydrogen-bond donors (Lipinski definition) is 1. The zero-order chi connectivity index (χ0) is 21.2. The SMILES string of the molecule is CC(=O)N1CCN(C2=NC=CC(C3CCCC3)N2C2C3CC4CC2CC(O)(C4)C3)CC1. The van der Waals surface area contributed by atoms with Gasteiger partial charge in [-0.15, -0.1) is 0 Å². The molecule has 3 atom stereocenters. The molecule has 7 rings (SSSR count). The summed E-state index contributed by atoms with van der Waals surface area (Å²) in [4.78, 5) is 24.0. The fourth-order valence-corrected chi connectivity index (χ4v) is 8.38. The highest BCUT2D eigenvalue weighted by atomic mass is 16.3. The van der Waals surface area contributed by atoms with Gasteiger partial charge in [-0.25, -0.2) is 4.99 Å². The molecule has 170 valence electrons. The first-order valence-corrected chi connectivity index (χ1v) is 12.8. The number of carbonyl (C=O) groups is 1. The van der Waals surface area contributed by atoms with Crippen molar-refractivity contribution < 1.29 is 9.90 Å². The Morgan fingerprint density at radius 3 is 2.32 bits per heavy atom. The number of carbonyl (C=O) groups excluding carboxylic acids is 1. The minimum atomic E-state index is -0.397. The topological polar surface area (TPSA) is 59.4 Å². The van der Waals surface area contributed by atoms with E-state index in [0.29, 0.717) is 23.9 Å². The molecule has 1 saturated heterocycles. The van der Waals surface area contributed by atoms with Crippen molar-refractivity contribution in [3.8, 4) is 0 Å². The predicted octanol–water partition coefficient (Wildman–Crippen LogP) is 2.83. The number of aliphatic imine (C=N–C) groups is 1. The van der Waals surface area contributed by atoms with Crippen LogP contribution in [0.15, 0.2) is 17.3 Å². The van der Waals surface area contributed by atoms with Crippen LogP contribution in [0.1, 0.15) is 64.7 Å². The summed E-state index contributed by atoms with van der Waals surface area (Å²) in [5, 5.41) is 11.2. The molecular formula is C25H38N4O2. The first-order chi connectivity index (χ1) is 15.0. The Hall–Kier alpha value is -1.56. The van der Waals surface area contributed by atoms with Crippen LogP contribution >= 0.6 is 0 Å². The summed E-state index contributed by atoms with van der Waals surface area (Å²) in [6.45, 7) is 5.00. The van der Waals surface area contributed by atoms with E-state index in [1.807, 2.05) is 4.90 Å². The van der Waals surface area contributed by atoms with E-state index in [9.17, 15) is 9.90 Å². The van der Waals surface area contributed by atoms with E-state index in [0.717, 1.165) is 63.2 Å². The van der Waals surface area contributed by atoms with Crippen molar-refractivity contribution in [3.63, 3.8) is 0 Å². The highest BCUT2D eigenvalue weighted by Crippen LogP contribution is 2.58. The van der Waals surface area contributed by atoms with Crippen LogP contribution in [0.25, 0.3) is 0 Å². The summed E-state index contributed by atoms with van der Waals surface area (Å²) in [6, 6.07) is 0.954.